The minimum Gasteiger partial charge on any atom is -0.481 e. The van der Waals surface area contributed by atoms with Gasteiger partial charge in [-0.25, -0.2) is 0 Å². The van der Waals surface area contributed by atoms with Crippen molar-refractivity contribution in [2.75, 3.05) is 0 Å². The molecular formula is C31H27F3N4O4. The molecule has 0 spiro atoms. The average Bonchev–Trinajstić information content (AvgIpc) is 3.56. The van der Waals surface area contributed by atoms with Gasteiger partial charge in [-0.05, 0) is 67.3 Å². The second-order valence-electron chi connectivity index (χ2n) is 10.5. The number of furan rings is 1. The number of aliphatic carboxylic acids is 1. The fourth-order valence-electron chi connectivity index (χ4n) is 4.66. The summed E-state index contributed by atoms with van der Waals surface area (Å²) >= 11 is 0. The zero-order valence-corrected chi connectivity index (χ0v) is 23.0. The third-order valence-electron chi connectivity index (χ3n) is 7.16. The first-order chi connectivity index (χ1) is 19.8. The van der Waals surface area contributed by atoms with E-state index in [1.807, 2.05) is 36.4 Å². The number of hydrogen-bond donors (Lipinski definition) is 1. The maximum absolute atomic E-state index is 13.9. The zero-order valence-electron chi connectivity index (χ0n) is 23.0. The summed E-state index contributed by atoms with van der Waals surface area (Å²) < 4.78 is 45.9. The van der Waals surface area contributed by atoms with Crippen molar-refractivity contribution in [3.05, 3.63) is 113 Å². The first kappa shape index (κ1) is 28.6. The third kappa shape index (κ3) is 5.63. The highest BCUT2D eigenvalue weighted by molar-refractivity contribution is 6.01. The van der Waals surface area contributed by atoms with E-state index in [9.17, 15) is 27.9 Å². The highest BCUT2D eigenvalue weighted by Crippen LogP contribution is 2.32. The van der Waals surface area contributed by atoms with E-state index in [1.54, 1.807) is 45.0 Å². The third-order valence-corrected chi connectivity index (χ3v) is 7.16. The Kier molecular flexibility index (Phi) is 7.36. The summed E-state index contributed by atoms with van der Waals surface area (Å²) in [5.41, 5.74) is 3.17. The van der Waals surface area contributed by atoms with Crippen LogP contribution in [0.4, 0.5) is 13.2 Å². The highest BCUT2D eigenvalue weighted by Gasteiger charge is 2.35. The smallest absolute Gasteiger partial charge is 0.449 e. The second-order valence-corrected chi connectivity index (χ2v) is 10.5. The molecule has 5 rings (SSSR count). The van der Waals surface area contributed by atoms with Crippen LogP contribution in [0.15, 0.2) is 83.4 Å². The Bertz CT molecular complexity index is 1770. The van der Waals surface area contributed by atoms with Crippen LogP contribution >= 0.6 is 0 Å². The van der Waals surface area contributed by atoms with Crippen LogP contribution in [-0.2, 0) is 29.5 Å². The summed E-state index contributed by atoms with van der Waals surface area (Å²) in [6.07, 6.45) is -3.11. The van der Waals surface area contributed by atoms with Gasteiger partial charge >= 0.3 is 12.1 Å². The SMILES string of the molecule is Cc1nn2ncccc2c1C(=O)N(Cc1ccc(-c2cccc(C(C)(C)C(=O)O)c2)cc1)Cc1ccc(C(F)(F)F)o1. The lowest BCUT2D eigenvalue weighted by Crippen LogP contribution is -2.30. The van der Waals surface area contributed by atoms with E-state index in [4.69, 9.17) is 4.42 Å². The van der Waals surface area contributed by atoms with E-state index in [-0.39, 0.29) is 18.8 Å². The molecule has 3 aromatic heterocycles. The largest absolute Gasteiger partial charge is 0.481 e. The van der Waals surface area contributed by atoms with Gasteiger partial charge in [0.1, 0.15) is 11.3 Å². The number of fused-ring (bicyclic) bond motifs is 1. The number of benzene rings is 2. The van der Waals surface area contributed by atoms with Crippen molar-refractivity contribution in [1.82, 2.24) is 19.7 Å². The van der Waals surface area contributed by atoms with Gasteiger partial charge in [-0.1, -0.05) is 48.5 Å². The van der Waals surface area contributed by atoms with Crippen LogP contribution in [0, 0.1) is 6.92 Å². The number of alkyl halides is 3. The molecule has 0 unspecified atom stereocenters. The van der Waals surface area contributed by atoms with Gasteiger partial charge in [0, 0.05) is 12.7 Å². The molecule has 0 aliphatic carbocycles. The maximum Gasteiger partial charge on any atom is 0.449 e. The van der Waals surface area contributed by atoms with E-state index in [1.165, 1.54) is 21.8 Å². The normalized spacial score (nSPS) is 12.0. The van der Waals surface area contributed by atoms with Crippen LogP contribution in [0.5, 0.6) is 0 Å². The van der Waals surface area contributed by atoms with Gasteiger partial charge in [-0.3, -0.25) is 9.59 Å². The molecule has 8 nitrogen and oxygen atoms in total. The molecule has 0 aliphatic rings. The van der Waals surface area contributed by atoms with Gasteiger partial charge in [0.25, 0.3) is 5.91 Å². The fraction of sp³-hybridized carbons (Fsp3) is 0.226. The molecule has 0 atom stereocenters. The molecule has 3 heterocycles. The Balaban J connectivity index is 1.46. The Hall–Kier alpha value is -4.93. The number of aromatic nitrogens is 3. The number of carboxylic acid groups (broad SMARTS) is 1. The van der Waals surface area contributed by atoms with Crippen LogP contribution in [0.2, 0.25) is 0 Å². The van der Waals surface area contributed by atoms with Gasteiger partial charge in [0.15, 0.2) is 0 Å². The molecule has 1 N–H and O–H groups in total. The number of aryl methyl sites for hydroxylation is 1. The van der Waals surface area contributed by atoms with Crippen LogP contribution < -0.4 is 0 Å². The number of rotatable bonds is 8. The standard InChI is InChI=1S/C31H27F3N4O4/c1-19-27(25-8-5-15-35-38(25)36-19)28(39)37(18-24-13-14-26(42-24)31(32,33)34)17-20-9-11-21(12-10-20)22-6-4-7-23(16-22)30(2,3)29(40)41/h4-16H,17-18H2,1-3H3,(H,40,41). The number of amides is 1. The number of carbonyl (C=O) groups is 2. The molecule has 0 saturated carbocycles. The average molecular weight is 577 g/mol. The van der Waals surface area contributed by atoms with Crippen LogP contribution in [0.1, 0.15) is 52.5 Å². The minimum atomic E-state index is -4.65. The molecule has 0 bridgehead atoms. The van der Waals surface area contributed by atoms with Crippen molar-refractivity contribution in [3.63, 3.8) is 0 Å². The molecule has 5 aromatic rings. The number of nitrogens with zero attached hydrogens (tertiary/aromatic N) is 4. The molecule has 216 valence electrons. The number of hydrogen-bond acceptors (Lipinski definition) is 5. The van der Waals surface area contributed by atoms with Crippen molar-refractivity contribution < 1.29 is 32.3 Å². The molecule has 1 amide bonds. The summed E-state index contributed by atoms with van der Waals surface area (Å²) in [5, 5.41) is 18.0. The Morgan fingerprint density at radius 3 is 2.36 bits per heavy atom. The predicted octanol–water partition coefficient (Wildman–Crippen LogP) is 6.52. The molecule has 11 heteroatoms. The van der Waals surface area contributed by atoms with Crippen molar-refractivity contribution in [2.24, 2.45) is 0 Å². The summed E-state index contributed by atoms with van der Waals surface area (Å²) in [5.74, 6) is -2.53. The number of carbonyl (C=O) groups excluding carboxylic acids is 1. The lowest BCUT2D eigenvalue weighted by Gasteiger charge is -2.22. The van der Waals surface area contributed by atoms with E-state index in [0.717, 1.165) is 22.8 Å². The molecular weight excluding hydrogens is 549 g/mol. The molecule has 42 heavy (non-hydrogen) atoms. The Morgan fingerprint density at radius 1 is 0.952 bits per heavy atom. The highest BCUT2D eigenvalue weighted by atomic mass is 19.4. The summed E-state index contributed by atoms with van der Waals surface area (Å²) in [6.45, 7) is 4.82. The molecule has 0 radical (unpaired) electrons. The summed E-state index contributed by atoms with van der Waals surface area (Å²) in [7, 11) is 0. The summed E-state index contributed by atoms with van der Waals surface area (Å²) in [4.78, 5) is 27.0. The van der Waals surface area contributed by atoms with E-state index < -0.39 is 29.2 Å². The van der Waals surface area contributed by atoms with Crippen molar-refractivity contribution in [1.29, 1.82) is 0 Å². The first-order valence-electron chi connectivity index (χ1n) is 13.0. The molecule has 0 aliphatic heterocycles. The van der Waals surface area contributed by atoms with Crippen LogP contribution in [-0.4, -0.2) is 36.7 Å². The Labute approximate surface area is 239 Å². The first-order valence-corrected chi connectivity index (χ1v) is 13.0. The second kappa shape index (κ2) is 10.8. The fourth-order valence-corrected chi connectivity index (χ4v) is 4.66. The molecule has 2 aromatic carbocycles. The van der Waals surface area contributed by atoms with Gasteiger partial charge in [0.05, 0.1) is 23.2 Å². The minimum absolute atomic E-state index is 0.0163. The van der Waals surface area contributed by atoms with E-state index in [2.05, 4.69) is 10.2 Å². The zero-order chi connectivity index (χ0) is 30.2. The van der Waals surface area contributed by atoms with Crippen LogP contribution in [0.3, 0.4) is 0 Å². The topological polar surface area (TPSA) is 101 Å². The number of carboxylic acids is 1. The molecule has 0 saturated heterocycles. The quantitative estimate of drug-likeness (QED) is 0.226. The van der Waals surface area contributed by atoms with Gasteiger partial charge < -0.3 is 14.4 Å². The monoisotopic (exact) mass is 576 g/mol. The Morgan fingerprint density at radius 2 is 1.69 bits per heavy atom. The number of halogens is 3. The maximum atomic E-state index is 13.9. The lowest BCUT2D eigenvalue weighted by molar-refractivity contribution is -0.153. The van der Waals surface area contributed by atoms with E-state index >= 15 is 0 Å². The van der Waals surface area contributed by atoms with Crippen molar-refractivity contribution in [2.45, 2.75) is 45.5 Å². The van der Waals surface area contributed by atoms with E-state index in [0.29, 0.717) is 22.3 Å². The lowest BCUT2D eigenvalue weighted by atomic mass is 9.83. The summed E-state index contributed by atoms with van der Waals surface area (Å²) in [6, 6.07) is 20.0. The molecule has 0 fully saturated rings. The van der Waals surface area contributed by atoms with Gasteiger partial charge in [-0.2, -0.15) is 28.0 Å². The van der Waals surface area contributed by atoms with Crippen molar-refractivity contribution in [3.8, 4) is 11.1 Å². The van der Waals surface area contributed by atoms with Gasteiger partial charge in [0.2, 0.25) is 5.76 Å². The predicted molar refractivity (Wildman–Crippen MR) is 148 cm³/mol. The van der Waals surface area contributed by atoms with Crippen molar-refractivity contribution >= 4 is 17.4 Å². The van der Waals surface area contributed by atoms with Crippen LogP contribution in [0.25, 0.3) is 16.6 Å². The van der Waals surface area contributed by atoms with Gasteiger partial charge in [-0.15, -0.1) is 0 Å².